The van der Waals surface area contributed by atoms with Gasteiger partial charge in [-0.2, -0.15) is 0 Å². The molecule has 0 aliphatic heterocycles. The van der Waals surface area contributed by atoms with Crippen LogP contribution in [0.1, 0.15) is 146 Å². The van der Waals surface area contributed by atoms with E-state index in [-0.39, 0.29) is 24.5 Å². The number of esters is 1. The van der Waals surface area contributed by atoms with Gasteiger partial charge in [0.25, 0.3) is 5.97 Å². The monoisotopic (exact) mass is 528 g/mol. The topological polar surface area (TPSA) is 26.3 Å². The molecule has 0 heterocycles. The molecule has 0 bridgehead atoms. The average molecular weight is 529 g/mol. The standard InChI is InChI=1S/C14H22.C11H21O2.C5H12.C2H6.V/c1-5-6-12(4)14-9-7-13(8-10-14)11(2)3;1-6-7-11(4,5)10(12)13-8-9(2)3;1-5(2,3)4;1-2;/h7-12H,5-6H2,1-4H3;9H,4,6-8H2,1-3,5H3;1-4H3;1-2H3;/q;-1;;;. The Morgan fingerprint density at radius 2 is 1.26 bits per heavy atom. The molecule has 1 radical (unpaired) electrons. The average Bonchev–Trinajstić information content (AvgIpc) is 2.73. The molecule has 0 saturated carbocycles. The fourth-order valence-corrected chi connectivity index (χ4v) is 2.88. The molecule has 0 spiro atoms. The summed E-state index contributed by atoms with van der Waals surface area (Å²) in [6, 6.07) is 9.11. The minimum absolute atomic E-state index is 0. The minimum Gasteiger partial charge on any atom is -0.467 e. The summed E-state index contributed by atoms with van der Waals surface area (Å²) < 4.78 is 5.12. The van der Waals surface area contributed by atoms with Gasteiger partial charge >= 0.3 is 0 Å². The van der Waals surface area contributed by atoms with Gasteiger partial charge in [0, 0.05) is 18.6 Å². The van der Waals surface area contributed by atoms with Crippen LogP contribution in [-0.4, -0.2) is 12.6 Å². The van der Waals surface area contributed by atoms with Gasteiger partial charge in [-0.3, -0.25) is 4.79 Å². The second-order valence-electron chi connectivity index (χ2n) is 11.8. The Bertz CT molecular complexity index is 589. The fourth-order valence-electron chi connectivity index (χ4n) is 2.88. The number of hydrogen-bond donors (Lipinski definition) is 0. The number of carbonyl (C=O) groups excluding carboxylic acids is 1. The van der Waals surface area contributed by atoms with Gasteiger partial charge in [-0.05, 0) is 40.7 Å². The van der Waals surface area contributed by atoms with Crippen LogP contribution in [0.15, 0.2) is 24.3 Å². The number of carbonyl (C=O) groups is 1. The van der Waals surface area contributed by atoms with E-state index in [4.69, 9.17) is 4.74 Å². The molecule has 2 atom stereocenters. The molecule has 1 aromatic rings. The third-order valence-electron chi connectivity index (χ3n) is 4.74. The summed E-state index contributed by atoms with van der Waals surface area (Å²) in [6.45, 7) is 34.1. The van der Waals surface area contributed by atoms with Gasteiger partial charge in [0.1, 0.15) is 0 Å². The number of ether oxygens (including phenoxy) is 1. The molecule has 2 unspecified atom stereocenters. The summed E-state index contributed by atoms with van der Waals surface area (Å²) in [4.78, 5) is 11.5. The molecule has 0 N–H and O–H groups in total. The molecule has 2 nitrogen and oxygen atoms in total. The summed E-state index contributed by atoms with van der Waals surface area (Å²) in [6.07, 6.45) is 4.30. The molecule has 0 aliphatic carbocycles. The predicted octanol–water partition coefficient (Wildman–Crippen LogP) is 10.6. The van der Waals surface area contributed by atoms with Crippen LogP contribution < -0.4 is 0 Å². The van der Waals surface area contributed by atoms with Crippen molar-refractivity contribution in [3.63, 3.8) is 0 Å². The van der Waals surface area contributed by atoms with Gasteiger partial charge in [-0.1, -0.05) is 146 Å². The van der Waals surface area contributed by atoms with E-state index in [9.17, 15) is 4.79 Å². The summed E-state index contributed by atoms with van der Waals surface area (Å²) in [5.41, 5.74) is 2.86. The maximum Gasteiger partial charge on any atom is 0.281 e. The zero-order valence-electron chi connectivity index (χ0n) is 26.0. The SMILES string of the molecule is CC.CC(C)(C)C.CCCC(C)c1ccc(C(C)C)cc1.[CH2-]C(C)(CCC)C(=O)OCC(C)C.[V]. The van der Waals surface area contributed by atoms with Crippen molar-refractivity contribution in [3.05, 3.63) is 42.3 Å². The molecule has 1 rings (SSSR count). The second-order valence-corrected chi connectivity index (χ2v) is 11.8. The summed E-state index contributed by atoms with van der Waals surface area (Å²) in [7, 11) is 0. The van der Waals surface area contributed by atoms with Gasteiger partial charge in [-0.15, -0.1) is 0 Å². The number of benzene rings is 1. The molecule has 207 valence electrons. The van der Waals surface area contributed by atoms with E-state index < -0.39 is 5.41 Å². The van der Waals surface area contributed by atoms with Crippen LogP contribution in [0.5, 0.6) is 0 Å². The van der Waals surface area contributed by atoms with Crippen molar-refractivity contribution in [2.75, 3.05) is 6.61 Å². The Hall–Kier alpha value is -0.726. The van der Waals surface area contributed by atoms with Crippen molar-refractivity contribution in [2.45, 2.75) is 134 Å². The van der Waals surface area contributed by atoms with Crippen LogP contribution in [0, 0.1) is 23.7 Å². The maximum atomic E-state index is 11.5. The van der Waals surface area contributed by atoms with Gasteiger partial charge in [0.15, 0.2) is 0 Å². The number of rotatable bonds is 9. The normalized spacial score (nSPS) is 12.9. The first-order chi connectivity index (χ1) is 15.5. The largest absolute Gasteiger partial charge is 0.467 e. The molecular weight excluding hydrogens is 467 g/mol. The molecular formula is C32H61O2V-. The third kappa shape index (κ3) is 26.2. The van der Waals surface area contributed by atoms with Crippen LogP contribution in [0.25, 0.3) is 0 Å². The van der Waals surface area contributed by atoms with Crippen LogP contribution in [-0.2, 0) is 28.1 Å². The Kier molecular flexibility index (Phi) is 26.6. The first-order valence-corrected chi connectivity index (χ1v) is 13.7. The Morgan fingerprint density at radius 1 is 0.857 bits per heavy atom. The Labute approximate surface area is 233 Å². The minimum atomic E-state index is -0.566. The Morgan fingerprint density at radius 3 is 1.57 bits per heavy atom. The third-order valence-corrected chi connectivity index (χ3v) is 4.74. The molecule has 0 amide bonds. The molecule has 35 heavy (non-hydrogen) atoms. The zero-order valence-corrected chi connectivity index (χ0v) is 27.4. The van der Waals surface area contributed by atoms with Crippen LogP contribution in [0.2, 0.25) is 0 Å². The summed E-state index contributed by atoms with van der Waals surface area (Å²) in [5, 5.41) is 0. The van der Waals surface area contributed by atoms with Crippen LogP contribution in [0.3, 0.4) is 0 Å². The van der Waals surface area contributed by atoms with Crippen molar-refractivity contribution >= 4 is 5.97 Å². The second kappa shape index (κ2) is 22.5. The first kappa shape index (κ1) is 41.4. The van der Waals surface area contributed by atoms with Crippen molar-refractivity contribution in [3.8, 4) is 0 Å². The van der Waals surface area contributed by atoms with Crippen molar-refractivity contribution < 1.29 is 28.1 Å². The summed E-state index contributed by atoms with van der Waals surface area (Å²) in [5.74, 6) is 1.57. The van der Waals surface area contributed by atoms with E-state index >= 15 is 0 Å². The van der Waals surface area contributed by atoms with Crippen molar-refractivity contribution in [1.82, 2.24) is 0 Å². The van der Waals surface area contributed by atoms with Crippen LogP contribution >= 0.6 is 0 Å². The van der Waals surface area contributed by atoms with Gasteiger partial charge in [-0.25, -0.2) is 0 Å². The molecule has 0 aliphatic rings. The molecule has 0 saturated heterocycles. The van der Waals surface area contributed by atoms with Gasteiger partial charge in [0.05, 0.1) is 6.61 Å². The predicted molar refractivity (Wildman–Crippen MR) is 154 cm³/mol. The number of hydrogen-bond acceptors (Lipinski definition) is 2. The van der Waals surface area contributed by atoms with Gasteiger partial charge < -0.3 is 11.7 Å². The van der Waals surface area contributed by atoms with E-state index in [1.165, 1.54) is 24.0 Å². The van der Waals surface area contributed by atoms with E-state index in [0.717, 1.165) is 12.8 Å². The van der Waals surface area contributed by atoms with Crippen molar-refractivity contribution in [1.29, 1.82) is 0 Å². The van der Waals surface area contributed by atoms with E-state index in [1.54, 1.807) is 0 Å². The molecule has 0 aromatic heterocycles. The van der Waals surface area contributed by atoms with E-state index in [2.05, 4.69) is 86.6 Å². The van der Waals surface area contributed by atoms with E-state index in [0.29, 0.717) is 29.8 Å². The van der Waals surface area contributed by atoms with E-state index in [1.807, 2.05) is 41.5 Å². The maximum absolute atomic E-state index is 11.5. The Balaban J connectivity index is -0.000000213. The zero-order chi connectivity index (χ0) is 27.5. The van der Waals surface area contributed by atoms with Crippen molar-refractivity contribution in [2.24, 2.45) is 16.7 Å². The molecule has 3 heteroatoms. The molecule has 1 aromatic carbocycles. The first-order valence-electron chi connectivity index (χ1n) is 13.7. The smallest absolute Gasteiger partial charge is 0.281 e. The van der Waals surface area contributed by atoms with Crippen LogP contribution in [0.4, 0.5) is 0 Å². The van der Waals surface area contributed by atoms with Gasteiger partial charge in [0.2, 0.25) is 0 Å². The quantitative estimate of drug-likeness (QED) is 0.235. The molecule has 0 fully saturated rings. The summed E-state index contributed by atoms with van der Waals surface area (Å²) >= 11 is 0. The fraction of sp³-hybridized carbons (Fsp3) is 0.750.